The van der Waals surface area contributed by atoms with E-state index in [1.807, 2.05) is 0 Å². The summed E-state index contributed by atoms with van der Waals surface area (Å²) in [5.41, 5.74) is 0. The van der Waals surface area contributed by atoms with Crippen molar-refractivity contribution in [2.75, 3.05) is 26.7 Å². The minimum atomic E-state index is -0.194. The van der Waals surface area contributed by atoms with Crippen LogP contribution in [0.2, 0.25) is 0 Å². The molecule has 1 fully saturated rings. The number of furan rings is 1. The maximum atomic E-state index is 11.9. The molecule has 2 heterocycles. The molecule has 0 saturated carbocycles. The van der Waals surface area contributed by atoms with Crippen molar-refractivity contribution in [2.45, 2.75) is 18.9 Å². The Morgan fingerprint density at radius 3 is 2.65 bits per heavy atom. The summed E-state index contributed by atoms with van der Waals surface area (Å²) in [6.07, 6.45) is 1.68. The van der Waals surface area contributed by atoms with Crippen LogP contribution in [0.15, 0.2) is 21.2 Å². The number of nitrogens with zero attached hydrogens (tertiary/aromatic N) is 1. The van der Waals surface area contributed by atoms with E-state index >= 15 is 0 Å². The van der Waals surface area contributed by atoms with Gasteiger partial charge in [0.05, 0.1) is 6.54 Å². The van der Waals surface area contributed by atoms with Gasteiger partial charge in [0.1, 0.15) is 0 Å². The molecule has 110 valence electrons. The zero-order chi connectivity index (χ0) is 14.5. The number of carbonyl (C=O) groups excluding carboxylic acids is 2. The number of amides is 2. The van der Waals surface area contributed by atoms with Crippen LogP contribution in [0.3, 0.4) is 0 Å². The highest BCUT2D eigenvalue weighted by molar-refractivity contribution is 9.10. The molecule has 2 amide bonds. The molecule has 0 atom stereocenters. The van der Waals surface area contributed by atoms with Crippen LogP contribution in [0.5, 0.6) is 0 Å². The number of carbonyl (C=O) groups is 2. The predicted octanol–water partition coefficient (Wildman–Crippen LogP) is 0.982. The van der Waals surface area contributed by atoms with Gasteiger partial charge < -0.3 is 15.1 Å². The second-order valence-corrected chi connectivity index (χ2v) is 5.58. The third kappa shape index (κ3) is 4.08. The third-order valence-electron chi connectivity index (χ3n) is 3.37. The van der Waals surface area contributed by atoms with Crippen molar-refractivity contribution in [3.63, 3.8) is 0 Å². The summed E-state index contributed by atoms with van der Waals surface area (Å²) < 4.78 is 5.76. The molecule has 20 heavy (non-hydrogen) atoms. The lowest BCUT2D eigenvalue weighted by Gasteiger charge is -2.31. The monoisotopic (exact) mass is 343 g/mol. The van der Waals surface area contributed by atoms with Crippen LogP contribution in [0.25, 0.3) is 0 Å². The molecule has 6 nitrogen and oxygen atoms in total. The first kappa shape index (κ1) is 15.1. The number of nitrogens with one attached hydrogen (secondary N) is 2. The summed E-state index contributed by atoms with van der Waals surface area (Å²) in [5, 5.41) is 5.57. The Labute approximate surface area is 126 Å². The fourth-order valence-corrected chi connectivity index (χ4v) is 2.52. The average molecular weight is 344 g/mol. The standard InChI is InChI=1S/C13H18BrN3O3/c1-15-12(18)8-17-6-4-9(5-7-17)16-13(19)10-2-3-11(14)20-10/h2-3,9H,4-8H2,1H3,(H,15,18)(H,16,19). The number of rotatable bonds is 4. The Morgan fingerprint density at radius 1 is 1.40 bits per heavy atom. The second-order valence-electron chi connectivity index (χ2n) is 4.80. The first-order chi connectivity index (χ1) is 9.58. The van der Waals surface area contributed by atoms with Crippen LogP contribution in [0.4, 0.5) is 0 Å². The minimum Gasteiger partial charge on any atom is -0.444 e. The SMILES string of the molecule is CNC(=O)CN1CCC(NC(=O)c2ccc(Br)o2)CC1. The van der Waals surface area contributed by atoms with Crippen LogP contribution in [0.1, 0.15) is 23.4 Å². The molecule has 7 heteroatoms. The van der Waals surface area contributed by atoms with Gasteiger partial charge in [0.2, 0.25) is 5.91 Å². The van der Waals surface area contributed by atoms with E-state index in [2.05, 4.69) is 31.5 Å². The lowest BCUT2D eigenvalue weighted by Crippen LogP contribution is -2.47. The number of hydrogen-bond donors (Lipinski definition) is 2. The minimum absolute atomic E-state index is 0.0212. The summed E-state index contributed by atoms with van der Waals surface area (Å²) in [4.78, 5) is 25.3. The first-order valence-corrected chi connectivity index (χ1v) is 7.37. The van der Waals surface area contributed by atoms with E-state index in [0.717, 1.165) is 25.9 Å². The molecular formula is C13H18BrN3O3. The van der Waals surface area contributed by atoms with Gasteiger partial charge in [0.25, 0.3) is 5.91 Å². The van der Waals surface area contributed by atoms with Crippen LogP contribution in [-0.4, -0.2) is 49.4 Å². The average Bonchev–Trinajstić information content (AvgIpc) is 2.87. The highest BCUT2D eigenvalue weighted by atomic mass is 79.9. The zero-order valence-corrected chi connectivity index (χ0v) is 12.9. The van der Waals surface area contributed by atoms with Crippen molar-refractivity contribution in [1.29, 1.82) is 0 Å². The summed E-state index contributed by atoms with van der Waals surface area (Å²) >= 11 is 3.17. The van der Waals surface area contributed by atoms with Crippen LogP contribution < -0.4 is 10.6 Å². The lowest BCUT2D eigenvalue weighted by atomic mass is 10.0. The van der Waals surface area contributed by atoms with Gasteiger partial charge >= 0.3 is 0 Å². The molecule has 0 bridgehead atoms. The molecule has 0 aromatic carbocycles. The fourth-order valence-electron chi connectivity index (χ4n) is 2.21. The first-order valence-electron chi connectivity index (χ1n) is 6.57. The molecule has 0 spiro atoms. The molecule has 2 rings (SSSR count). The lowest BCUT2D eigenvalue weighted by molar-refractivity contribution is -0.122. The number of likely N-dealkylation sites (tertiary alicyclic amines) is 1. The van der Waals surface area contributed by atoms with Crippen LogP contribution >= 0.6 is 15.9 Å². The Morgan fingerprint density at radius 2 is 2.10 bits per heavy atom. The Hall–Kier alpha value is -1.34. The quantitative estimate of drug-likeness (QED) is 0.854. The maximum Gasteiger partial charge on any atom is 0.287 e. The van der Waals surface area contributed by atoms with Gasteiger partial charge in [-0.2, -0.15) is 0 Å². The molecule has 1 saturated heterocycles. The van der Waals surface area contributed by atoms with E-state index in [1.165, 1.54) is 0 Å². The van der Waals surface area contributed by atoms with Gasteiger partial charge in [-0.25, -0.2) is 0 Å². The summed E-state index contributed by atoms with van der Waals surface area (Å²) in [6, 6.07) is 3.47. The molecule has 1 aromatic rings. The van der Waals surface area contributed by atoms with E-state index in [9.17, 15) is 9.59 Å². The summed E-state index contributed by atoms with van der Waals surface area (Å²) in [7, 11) is 1.64. The van der Waals surface area contributed by atoms with Gasteiger partial charge in [-0.05, 0) is 40.9 Å². The van der Waals surface area contributed by atoms with Crippen molar-refractivity contribution < 1.29 is 14.0 Å². The van der Waals surface area contributed by atoms with Gasteiger partial charge in [-0.1, -0.05) is 0 Å². The van der Waals surface area contributed by atoms with Crippen molar-refractivity contribution in [3.8, 4) is 0 Å². The fraction of sp³-hybridized carbons (Fsp3) is 0.538. The van der Waals surface area contributed by atoms with Gasteiger partial charge in [0.15, 0.2) is 10.4 Å². The number of likely N-dealkylation sites (N-methyl/N-ethyl adjacent to an activating group) is 1. The zero-order valence-electron chi connectivity index (χ0n) is 11.3. The number of hydrogen-bond acceptors (Lipinski definition) is 4. The van der Waals surface area contributed by atoms with Crippen molar-refractivity contribution >= 4 is 27.7 Å². The van der Waals surface area contributed by atoms with Gasteiger partial charge in [-0.3, -0.25) is 14.5 Å². The largest absolute Gasteiger partial charge is 0.444 e. The number of piperidine rings is 1. The molecule has 0 aliphatic carbocycles. The van der Waals surface area contributed by atoms with E-state index in [0.29, 0.717) is 17.0 Å². The van der Waals surface area contributed by atoms with Crippen molar-refractivity contribution in [2.24, 2.45) is 0 Å². The Kier molecular flexibility index (Phi) is 5.19. The maximum absolute atomic E-state index is 11.9. The Balaban J connectivity index is 1.77. The predicted molar refractivity (Wildman–Crippen MR) is 77.4 cm³/mol. The molecule has 0 radical (unpaired) electrons. The topological polar surface area (TPSA) is 74.6 Å². The van der Waals surface area contributed by atoms with Crippen LogP contribution in [0, 0.1) is 0 Å². The molecule has 1 aliphatic rings. The molecule has 1 aromatic heterocycles. The third-order valence-corrected chi connectivity index (χ3v) is 3.79. The van der Waals surface area contributed by atoms with E-state index < -0.39 is 0 Å². The second kappa shape index (κ2) is 6.90. The smallest absolute Gasteiger partial charge is 0.287 e. The highest BCUT2D eigenvalue weighted by Gasteiger charge is 2.23. The molecule has 0 unspecified atom stereocenters. The molecule has 2 N–H and O–H groups in total. The van der Waals surface area contributed by atoms with E-state index in [-0.39, 0.29) is 17.9 Å². The van der Waals surface area contributed by atoms with Crippen LogP contribution in [-0.2, 0) is 4.79 Å². The molecular weight excluding hydrogens is 326 g/mol. The van der Waals surface area contributed by atoms with Crippen molar-refractivity contribution in [1.82, 2.24) is 15.5 Å². The summed E-state index contributed by atoms with van der Waals surface area (Å²) in [5.74, 6) is 0.137. The van der Waals surface area contributed by atoms with Crippen molar-refractivity contribution in [3.05, 3.63) is 22.6 Å². The number of halogens is 1. The normalized spacial score (nSPS) is 16.9. The Bertz CT molecular complexity index is 481. The van der Waals surface area contributed by atoms with Gasteiger partial charge in [0, 0.05) is 26.2 Å². The highest BCUT2D eigenvalue weighted by Crippen LogP contribution is 2.15. The summed E-state index contributed by atoms with van der Waals surface area (Å²) in [6.45, 7) is 2.03. The van der Waals surface area contributed by atoms with E-state index in [1.54, 1.807) is 19.2 Å². The molecule has 1 aliphatic heterocycles. The van der Waals surface area contributed by atoms with E-state index in [4.69, 9.17) is 4.42 Å². The van der Waals surface area contributed by atoms with Gasteiger partial charge in [-0.15, -0.1) is 0 Å².